The van der Waals surface area contributed by atoms with Crippen LogP contribution in [0.2, 0.25) is 0 Å². The second-order valence-corrected chi connectivity index (χ2v) is 9.38. The Morgan fingerprint density at radius 2 is 2.03 bits per heavy atom. The monoisotopic (exact) mass is 434 g/mol. The third kappa shape index (κ3) is 2.97. The lowest BCUT2D eigenvalue weighted by Crippen LogP contribution is -2.44. The van der Waals surface area contributed by atoms with Crippen LogP contribution >= 0.6 is 0 Å². The summed E-state index contributed by atoms with van der Waals surface area (Å²) in [6.07, 6.45) is -0.603. The minimum absolute atomic E-state index is 0.0399. The normalized spacial score (nSPS) is 47.1. The standard InChI is InChI=1S/C22H26O9/c1-9(5-6-27-11(3)23)19(25)29-12-7-22(8-28-22)14-15(21(4)18(31-21)16(14)24)17-13(12)10(2)20(26)30-17/h5,12-18,24H,2,6-8H2,1,3-4H3/b9-5-/t12-,13?,14?,15?,16+,17+,18-,21+,22+/m1/s1. The van der Waals surface area contributed by atoms with E-state index in [1.165, 1.54) is 13.0 Å². The summed E-state index contributed by atoms with van der Waals surface area (Å²) in [4.78, 5) is 36.1. The van der Waals surface area contributed by atoms with Crippen molar-refractivity contribution >= 4 is 17.9 Å². The number of ether oxygens (including phenoxy) is 5. The minimum Gasteiger partial charge on any atom is -0.462 e. The van der Waals surface area contributed by atoms with Gasteiger partial charge in [-0.2, -0.15) is 0 Å². The second-order valence-electron chi connectivity index (χ2n) is 9.38. The Hall–Kier alpha value is -2.23. The van der Waals surface area contributed by atoms with Crippen LogP contribution in [0.15, 0.2) is 23.8 Å². The highest BCUT2D eigenvalue weighted by molar-refractivity contribution is 5.92. The molecule has 3 saturated heterocycles. The zero-order valence-electron chi connectivity index (χ0n) is 17.7. The molecule has 9 heteroatoms. The summed E-state index contributed by atoms with van der Waals surface area (Å²) in [5, 5.41) is 10.9. The first kappa shape index (κ1) is 20.7. The van der Waals surface area contributed by atoms with E-state index >= 15 is 0 Å². The van der Waals surface area contributed by atoms with Crippen molar-refractivity contribution in [2.45, 2.75) is 62.8 Å². The molecule has 1 spiro atoms. The highest BCUT2D eigenvalue weighted by Crippen LogP contribution is 2.67. The number of epoxide rings is 2. The molecule has 5 aliphatic rings. The topological polar surface area (TPSA) is 124 Å². The second kappa shape index (κ2) is 6.63. The molecule has 3 heterocycles. The number of hydrogen-bond acceptors (Lipinski definition) is 9. The van der Waals surface area contributed by atoms with Gasteiger partial charge in [0.15, 0.2) is 0 Å². The van der Waals surface area contributed by atoms with E-state index in [0.29, 0.717) is 13.0 Å². The van der Waals surface area contributed by atoms with Gasteiger partial charge in [0, 0.05) is 36.3 Å². The molecular weight excluding hydrogens is 408 g/mol. The molecule has 5 fully saturated rings. The van der Waals surface area contributed by atoms with Gasteiger partial charge in [-0.3, -0.25) is 4.79 Å². The van der Waals surface area contributed by atoms with Gasteiger partial charge < -0.3 is 28.8 Å². The summed E-state index contributed by atoms with van der Waals surface area (Å²) >= 11 is 0. The van der Waals surface area contributed by atoms with Crippen molar-refractivity contribution in [2.24, 2.45) is 17.8 Å². The van der Waals surface area contributed by atoms with E-state index in [0.717, 1.165) is 0 Å². The number of aliphatic hydroxyl groups is 1. The maximum atomic E-state index is 12.8. The average Bonchev–Trinajstić information content (AvgIpc) is 3.57. The van der Waals surface area contributed by atoms with Gasteiger partial charge in [-0.25, -0.2) is 9.59 Å². The van der Waals surface area contributed by atoms with E-state index in [4.69, 9.17) is 23.7 Å². The first-order chi connectivity index (χ1) is 14.6. The Kier molecular flexibility index (Phi) is 4.42. The predicted molar refractivity (Wildman–Crippen MR) is 102 cm³/mol. The summed E-state index contributed by atoms with van der Waals surface area (Å²) in [5.41, 5.74) is -0.735. The molecule has 9 nitrogen and oxygen atoms in total. The molecular formula is C22H26O9. The van der Waals surface area contributed by atoms with Gasteiger partial charge >= 0.3 is 17.9 Å². The fourth-order valence-electron chi connectivity index (χ4n) is 5.90. The zero-order chi connectivity index (χ0) is 22.3. The molecule has 0 aromatic carbocycles. The van der Waals surface area contributed by atoms with Crippen LogP contribution in [-0.2, 0) is 38.1 Å². The maximum Gasteiger partial charge on any atom is 0.334 e. The first-order valence-electron chi connectivity index (χ1n) is 10.5. The van der Waals surface area contributed by atoms with Crippen molar-refractivity contribution < 1.29 is 43.2 Å². The highest BCUT2D eigenvalue weighted by atomic mass is 16.6. The molecule has 2 saturated carbocycles. The van der Waals surface area contributed by atoms with Gasteiger partial charge in [-0.15, -0.1) is 0 Å². The zero-order valence-corrected chi connectivity index (χ0v) is 17.7. The van der Waals surface area contributed by atoms with E-state index in [1.807, 2.05) is 6.92 Å². The molecule has 31 heavy (non-hydrogen) atoms. The molecule has 0 aromatic rings. The van der Waals surface area contributed by atoms with Gasteiger partial charge in [0.25, 0.3) is 0 Å². The predicted octanol–water partition coefficient (Wildman–Crippen LogP) is 0.442. The molecule has 0 amide bonds. The van der Waals surface area contributed by atoms with Crippen molar-refractivity contribution in [3.8, 4) is 0 Å². The number of rotatable bonds is 4. The van der Waals surface area contributed by atoms with Gasteiger partial charge in [0.2, 0.25) is 0 Å². The number of fused-ring (bicyclic) bond motifs is 6. The molecule has 5 rings (SSSR count). The molecule has 3 aliphatic heterocycles. The summed E-state index contributed by atoms with van der Waals surface area (Å²) in [6, 6.07) is 0. The summed E-state index contributed by atoms with van der Waals surface area (Å²) in [5.74, 6) is -2.68. The molecule has 0 radical (unpaired) electrons. The number of hydrogen-bond donors (Lipinski definition) is 1. The van der Waals surface area contributed by atoms with Crippen molar-refractivity contribution in [1.82, 2.24) is 0 Å². The van der Waals surface area contributed by atoms with Crippen molar-refractivity contribution in [3.63, 3.8) is 0 Å². The molecule has 0 aromatic heterocycles. The van der Waals surface area contributed by atoms with Crippen molar-refractivity contribution in [1.29, 1.82) is 0 Å². The van der Waals surface area contributed by atoms with Gasteiger partial charge in [-0.05, 0) is 19.9 Å². The summed E-state index contributed by atoms with van der Waals surface area (Å²) < 4.78 is 28.1. The SMILES string of the molecule is C=C1C(=O)O[C@H]2C1[C@H](OC(=O)/C(C)=C\COC(C)=O)C[C@]1(CO1)C1C2[C@]2(C)O[C@@H]2[C@H]1O. The third-order valence-corrected chi connectivity index (χ3v) is 7.56. The lowest BCUT2D eigenvalue weighted by molar-refractivity contribution is -0.150. The van der Waals surface area contributed by atoms with Gasteiger partial charge in [0.05, 0.1) is 18.6 Å². The Bertz CT molecular complexity index is 903. The fourth-order valence-corrected chi connectivity index (χ4v) is 5.90. The van der Waals surface area contributed by atoms with Gasteiger partial charge in [0.1, 0.15) is 36.1 Å². The minimum atomic E-state index is -0.745. The fraction of sp³-hybridized carbons (Fsp3) is 0.682. The quantitative estimate of drug-likeness (QED) is 0.290. The highest BCUT2D eigenvalue weighted by Gasteiger charge is 2.81. The van der Waals surface area contributed by atoms with Crippen LogP contribution in [0.4, 0.5) is 0 Å². The lowest BCUT2D eigenvalue weighted by atomic mass is 9.76. The Morgan fingerprint density at radius 3 is 2.68 bits per heavy atom. The van der Waals surface area contributed by atoms with Gasteiger partial charge in [-0.1, -0.05) is 6.58 Å². The largest absolute Gasteiger partial charge is 0.462 e. The van der Waals surface area contributed by atoms with E-state index in [2.05, 4.69) is 6.58 Å². The first-order valence-corrected chi connectivity index (χ1v) is 10.5. The van der Waals surface area contributed by atoms with Crippen LogP contribution in [0.1, 0.15) is 27.2 Å². The molecule has 168 valence electrons. The molecule has 1 N–H and O–H groups in total. The molecule has 0 bridgehead atoms. The number of esters is 3. The van der Waals surface area contributed by atoms with E-state index in [-0.39, 0.29) is 35.7 Å². The van der Waals surface area contributed by atoms with Crippen LogP contribution in [0.3, 0.4) is 0 Å². The van der Waals surface area contributed by atoms with E-state index in [1.54, 1.807) is 6.92 Å². The Balaban J connectivity index is 1.44. The number of carbonyl (C=O) groups excluding carboxylic acids is 3. The number of carbonyl (C=O) groups is 3. The average molecular weight is 434 g/mol. The maximum absolute atomic E-state index is 12.8. The molecule has 9 atom stereocenters. The summed E-state index contributed by atoms with van der Waals surface area (Å²) in [6.45, 7) is 9.07. The van der Waals surface area contributed by atoms with Crippen molar-refractivity contribution in [2.75, 3.05) is 13.2 Å². The molecule has 2 aliphatic carbocycles. The van der Waals surface area contributed by atoms with Crippen LogP contribution in [0.5, 0.6) is 0 Å². The number of aliphatic hydroxyl groups excluding tert-OH is 1. The Labute approximate surface area is 179 Å². The molecule has 3 unspecified atom stereocenters. The smallest absolute Gasteiger partial charge is 0.334 e. The van der Waals surface area contributed by atoms with Crippen LogP contribution in [0.25, 0.3) is 0 Å². The van der Waals surface area contributed by atoms with Crippen LogP contribution in [0, 0.1) is 17.8 Å². The summed E-state index contributed by atoms with van der Waals surface area (Å²) in [7, 11) is 0. The van der Waals surface area contributed by atoms with Crippen LogP contribution < -0.4 is 0 Å². The third-order valence-electron chi connectivity index (χ3n) is 7.56. The van der Waals surface area contributed by atoms with E-state index in [9.17, 15) is 19.5 Å². The van der Waals surface area contributed by atoms with E-state index < -0.39 is 53.3 Å². The lowest BCUT2D eigenvalue weighted by Gasteiger charge is -2.33. The Morgan fingerprint density at radius 1 is 1.32 bits per heavy atom. The van der Waals surface area contributed by atoms with Crippen molar-refractivity contribution in [3.05, 3.63) is 23.8 Å². The van der Waals surface area contributed by atoms with Crippen LogP contribution in [-0.4, -0.2) is 71.8 Å².